The van der Waals surface area contributed by atoms with E-state index in [0.717, 1.165) is 5.56 Å². The highest BCUT2D eigenvalue weighted by Crippen LogP contribution is 2.21. The van der Waals surface area contributed by atoms with Gasteiger partial charge < -0.3 is 10.2 Å². The molecule has 0 spiro atoms. The molecule has 5 heteroatoms. The normalized spacial score (nSPS) is 18.9. The molecule has 1 saturated heterocycles. The number of halogens is 1. The number of benzene rings is 1. The number of ketones is 1. The molecule has 2 amide bonds. The molecule has 0 bridgehead atoms. The standard InChI is InChI=1S/C13H15ClN2O2/c1-9(17)6-7-16-8-12(15-13(16)18)10-2-4-11(14)5-3-10/h2-5,12H,6-8H2,1H3,(H,15,18). The minimum atomic E-state index is -0.115. The summed E-state index contributed by atoms with van der Waals surface area (Å²) in [6.45, 7) is 2.60. The summed E-state index contributed by atoms with van der Waals surface area (Å²) >= 11 is 5.83. The van der Waals surface area contributed by atoms with Crippen molar-refractivity contribution >= 4 is 23.4 Å². The van der Waals surface area contributed by atoms with Gasteiger partial charge in [-0.05, 0) is 24.6 Å². The van der Waals surface area contributed by atoms with Gasteiger partial charge in [0.2, 0.25) is 0 Å². The summed E-state index contributed by atoms with van der Waals surface area (Å²) in [5.41, 5.74) is 1.03. The van der Waals surface area contributed by atoms with Crippen molar-refractivity contribution in [3.8, 4) is 0 Å². The molecule has 0 saturated carbocycles. The van der Waals surface area contributed by atoms with E-state index in [4.69, 9.17) is 11.6 Å². The Labute approximate surface area is 111 Å². The molecular formula is C13H15ClN2O2. The van der Waals surface area contributed by atoms with Crippen LogP contribution in [0, 0.1) is 0 Å². The Bertz CT molecular complexity index is 459. The fraction of sp³-hybridized carbons (Fsp3) is 0.385. The zero-order valence-corrected chi connectivity index (χ0v) is 10.9. The summed E-state index contributed by atoms with van der Waals surface area (Å²) in [6.07, 6.45) is 0.404. The summed E-state index contributed by atoms with van der Waals surface area (Å²) in [5, 5.41) is 3.57. The fourth-order valence-corrected chi connectivity index (χ4v) is 2.08. The first-order chi connectivity index (χ1) is 8.56. The maximum atomic E-state index is 11.7. The van der Waals surface area contributed by atoms with Gasteiger partial charge in [-0.2, -0.15) is 0 Å². The molecule has 0 radical (unpaired) electrons. The van der Waals surface area contributed by atoms with Crippen LogP contribution in [0.3, 0.4) is 0 Å². The molecular weight excluding hydrogens is 252 g/mol. The van der Waals surface area contributed by atoms with Gasteiger partial charge in [0.1, 0.15) is 5.78 Å². The lowest BCUT2D eigenvalue weighted by Crippen LogP contribution is -2.29. The number of carbonyl (C=O) groups is 2. The van der Waals surface area contributed by atoms with Crippen LogP contribution >= 0.6 is 11.6 Å². The van der Waals surface area contributed by atoms with Crippen LogP contribution in [-0.2, 0) is 4.79 Å². The number of rotatable bonds is 4. The third kappa shape index (κ3) is 3.01. The number of hydrogen-bond donors (Lipinski definition) is 1. The van der Waals surface area contributed by atoms with Crippen LogP contribution < -0.4 is 5.32 Å². The molecule has 1 N–H and O–H groups in total. The average Bonchev–Trinajstić information content (AvgIpc) is 2.69. The Morgan fingerprint density at radius 3 is 2.72 bits per heavy atom. The molecule has 2 rings (SSSR count). The molecule has 1 heterocycles. The summed E-state index contributed by atoms with van der Waals surface area (Å²) in [7, 11) is 0. The van der Waals surface area contributed by atoms with E-state index in [1.807, 2.05) is 12.1 Å². The van der Waals surface area contributed by atoms with Gasteiger partial charge in [-0.15, -0.1) is 0 Å². The van der Waals surface area contributed by atoms with E-state index in [9.17, 15) is 9.59 Å². The molecule has 0 aliphatic carbocycles. The monoisotopic (exact) mass is 266 g/mol. The third-order valence-electron chi connectivity index (χ3n) is 2.99. The van der Waals surface area contributed by atoms with Gasteiger partial charge in [-0.1, -0.05) is 23.7 Å². The van der Waals surface area contributed by atoms with Crippen molar-refractivity contribution < 1.29 is 9.59 Å². The Morgan fingerprint density at radius 1 is 1.44 bits per heavy atom. The number of amides is 2. The fourth-order valence-electron chi connectivity index (χ4n) is 1.96. The Balaban J connectivity index is 1.99. The van der Waals surface area contributed by atoms with E-state index in [1.54, 1.807) is 17.0 Å². The summed E-state index contributed by atoms with van der Waals surface area (Å²) in [5.74, 6) is 0.0951. The number of hydrogen-bond acceptors (Lipinski definition) is 2. The number of Topliss-reactive ketones (excluding diaryl/α,β-unsaturated/α-hetero) is 1. The molecule has 0 aromatic heterocycles. The topological polar surface area (TPSA) is 49.4 Å². The molecule has 1 aliphatic rings. The maximum absolute atomic E-state index is 11.7. The molecule has 1 aliphatic heterocycles. The van der Waals surface area contributed by atoms with Crippen molar-refractivity contribution in [3.05, 3.63) is 34.9 Å². The SMILES string of the molecule is CC(=O)CCN1CC(c2ccc(Cl)cc2)NC1=O. The van der Waals surface area contributed by atoms with Crippen LogP contribution in [0.4, 0.5) is 4.79 Å². The molecule has 1 unspecified atom stereocenters. The zero-order chi connectivity index (χ0) is 13.1. The van der Waals surface area contributed by atoms with Gasteiger partial charge in [0.15, 0.2) is 0 Å². The molecule has 1 fully saturated rings. The van der Waals surface area contributed by atoms with Gasteiger partial charge in [0.25, 0.3) is 0 Å². The second kappa shape index (κ2) is 5.40. The molecule has 96 valence electrons. The summed E-state index contributed by atoms with van der Waals surface area (Å²) < 4.78 is 0. The first-order valence-corrected chi connectivity index (χ1v) is 6.24. The number of nitrogens with one attached hydrogen (secondary N) is 1. The first kappa shape index (κ1) is 12.9. The second-order valence-corrected chi connectivity index (χ2v) is 4.89. The van der Waals surface area contributed by atoms with Crippen LogP contribution in [0.5, 0.6) is 0 Å². The van der Waals surface area contributed by atoms with E-state index in [1.165, 1.54) is 6.92 Å². The molecule has 1 aromatic rings. The van der Waals surface area contributed by atoms with Crippen molar-refractivity contribution in [2.75, 3.05) is 13.1 Å². The van der Waals surface area contributed by atoms with Gasteiger partial charge in [0.05, 0.1) is 6.04 Å². The van der Waals surface area contributed by atoms with Gasteiger partial charge >= 0.3 is 6.03 Å². The van der Waals surface area contributed by atoms with Gasteiger partial charge in [-0.25, -0.2) is 4.79 Å². The third-order valence-corrected chi connectivity index (χ3v) is 3.25. The van der Waals surface area contributed by atoms with Crippen LogP contribution in [0.1, 0.15) is 24.9 Å². The zero-order valence-electron chi connectivity index (χ0n) is 10.1. The number of nitrogens with zero attached hydrogens (tertiary/aromatic N) is 1. The number of urea groups is 1. The van der Waals surface area contributed by atoms with Crippen LogP contribution in [0.2, 0.25) is 5.02 Å². The Kier molecular flexibility index (Phi) is 3.87. The van der Waals surface area contributed by atoms with E-state index in [-0.39, 0.29) is 17.9 Å². The first-order valence-electron chi connectivity index (χ1n) is 5.86. The van der Waals surface area contributed by atoms with Gasteiger partial charge in [0, 0.05) is 24.5 Å². The minimum Gasteiger partial charge on any atom is -0.329 e. The quantitative estimate of drug-likeness (QED) is 0.910. The lowest BCUT2D eigenvalue weighted by molar-refractivity contribution is -0.117. The van der Waals surface area contributed by atoms with Crippen LogP contribution in [-0.4, -0.2) is 29.8 Å². The summed E-state index contributed by atoms with van der Waals surface area (Å²) in [4.78, 5) is 24.3. The van der Waals surface area contributed by atoms with Crippen LogP contribution in [0.25, 0.3) is 0 Å². The highest BCUT2D eigenvalue weighted by Gasteiger charge is 2.29. The lowest BCUT2D eigenvalue weighted by Gasteiger charge is -2.13. The Morgan fingerprint density at radius 2 is 2.11 bits per heavy atom. The summed E-state index contributed by atoms with van der Waals surface area (Å²) in [6, 6.07) is 7.28. The predicted octanol–water partition coefficient (Wildman–Crippen LogP) is 2.39. The van der Waals surface area contributed by atoms with E-state index in [0.29, 0.717) is 24.5 Å². The van der Waals surface area contributed by atoms with Gasteiger partial charge in [-0.3, -0.25) is 4.79 Å². The Hall–Kier alpha value is -1.55. The van der Waals surface area contributed by atoms with Crippen molar-refractivity contribution in [1.82, 2.24) is 10.2 Å². The van der Waals surface area contributed by atoms with Crippen molar-refractivity contribution in [1.29, 1.82) is 0 Å². The predicted molar refractivity (Wildman–Crippen MR) is 69.6 cm³/mol. The lowest BCUT2D eigenvalue weighted by atomic mass is 10.1. The van der Waals surface area contributed by atoms with Crippen molar-refractivity contribution in [3.63, 3.8) is 0 Å². The van der Waals surface area contributed by atoms with E-state index >= 15 is 0 Å². The molecule has 1 aromatic carbocycles. The molecule has 1 atom stereocenters. The smallest absolute Gasteiger partial charge is 0.318 e. The van der Waals surface area contributed by atoms with Crippen molar-refractivity contribution in [2.45, 2.75) is 19.4 Å². The average molecular weight is 267 g/mol. The van der Waals surface area contributed by atoms with Crippen LogP contribution in [0.15, 0.2) is 24.3 Å². The molecule has 4 nitrogen and oxygen atoms in total. The highest BCUT2D eigenvalue weighted by atomic mass is 35.5. The second-order valence-electron chi connectivity index (χ2n) is 4.45. The van der Waals surface area contributed by atoms with E-state index < -0.39 is 0 Å². The highest BCUT2D eigenvalue weighted by molar-refractivity contribution is 6.30. The van der Waals surface area contributed by atoms with E-state index in [2.05, 4.69) is 5.32 Å². The van der Waals surface area contributed by atoms with Crippen molar-refractivity contribution in [2.24, 2.45) is 0 Å². The maximum Gasteiger partial charge on any atom is 0.318 e. The number of carbonyl (C=O) groups excluding carboxylic acids is 2. The molecule has 18 heavy (non-hydrogen) atoms. The largest absolute Gasteiger partial charge is 0.329 e. The minimum absolute atomic E-state index is 0.0262.